The van der Waals surface area contributed by atoms with E-state index in [-0.39, 0.29) is 5.91 Å². The molecule has 0 aliphatic heterocycles. The SMILES string of the molecule is Cn1nnc(-c2cc3ccccc3n2-c2ccc(CNC(=O)C3(N)CC3)cc2)n1. The van der Waals surface area contributed by atoms with Crippen molar-refractivity contribution < 1.29 is 4.79 Å². The molecule has 1 saturated carbocycles. The summed E-state index contributed by atoms with van der Waals surface area (Å²) >= 11 is 0. The lowest BCUT2D eigenvalue weighted by Crippen LogP contribution is -2.42. The summed E-state index contributed by atoms with van der Waals surface area (Å²) in [7, 11) is 1.75. The van der Waals surface area contributed by atoms with E-state index in [1.807, 2.05) is 36.4 Å². The largest absolute Gasteiger partial charge is 0.350 e. The third-order valence-corrected chi connectivity index (χ3v) is 5.34. The molecule has 5 rings (SSSR count). The lowest BCUT2D eigenvalue weighted by molar-refractivity contribution is -0.123. The summed E-state index contributed by atoms with van der Waals surface area (Å²) in [6.45, 7) is 0.461. The summed E-state index contributed by atoms with van der Waals surface area (Å²) in [5, 5.41) is 16.6. The Balaban J connectivity index is 1.48. The molecule has 0 radical (unpaired) electrons. The summed E-state index contributed by atoms with van der Waals surface area (Å²) in [5.74, 6) is 0.492. The van der Waals surface area contributed by atoms with Crippen molar-refractivity contribution in [2.24, 2.45) is 12.8 Å². The Morgan fingerprint density at radius 1 is 1.17 bits per heavy atom. The normalized spacial score (nSPS) is 14.8. The first-order chi connectivity index (χ1) is 14.0. The van der Waals surface area contributed by atoms with Crippen LogP contribution in [0, 0.1) is 0 Å². The number of rotatable bonds is 5. The van der Waals surface area contributed by atoms with Gasteiger partial charge in [0.05, 0.1) is 23.8 Å². The van der Waals surface area contributed by atoms with E-state index >= 15 is 0 Å². The molecule has 1 amide bonds. The van der Waals surface area contributed by atoms with Crippen LogP contribution >= 0.6 is 0 Å². The van der Waals surface area contributed by atoms with E-state index in [0.29, 0.717) is 12.4 Å². The molecule has 2 heterocycles. The highest BCUT2D eigenvalue weighted by molar-refractivity contribution is 5.89. The number of carbonyl (C=O) groups excluding carboxylic acids is 1. The monoisotopic (exact) mass is 387 g/mol. The highest BCUT2D eigenvalue weighted by Crippen LogP contribution is 2.32. The molecule has 146 valence electrons. The maximum Gasteiger partial charge on any atom is 0.240 e. The smallest absolute Gasteiger partial charge is 0.240 e. The molecule has 0 unspecified atom stereocenters. The highest BCUT2D eigenvalue weighted by Gasteiger charge is 2.45. The van der Waals surface area contributed by atoms with Gasteiger partial charge in [-0.1, -0.05) is 30.3 Å². The van der Waals surface area contributed by atoms with Gasteiger partial charge in [-0.05, 0) is 47.9 Å². The van der Waals surface area contributed by atoms with E-state index in [0.717, 1.165) is 40.7 Å². The molecular weight excluding hydrogens is 366 g/mol. The molecule has 8 heteroatoms. The van der Waals surface area contributed by atoms with E-state index in [2.05, 4.69) is 43.5 Å². The summed E-state index contributed by atoms with van der Waals surface area (Å²) < 4.78 is 2.12. The van der Waals surface area contributed by atoms with Gasteiger partial charge in [-0.15, -0.1) is 10.2 Å². The molecule has 0 saturated heterocycles. The van der Waals surface area contributed by atoms with E-state index in [9.17, 15) is 4.79 Å². The topological polar surface area (TPSA) is 104 Å². The standard InChI is InChI=1S/C21H21N7O/c1-27-25-19(24-26-27)18-12-15-4-2-3-5-17(15)28(18)16-8-6-14(7-9-16)13-23-20(29)21(22)10-11-21/h2-9,12H,10-11,13,22H2,1H3,(H,23,29). The lowest BCUT2D eigenvalue weighted by atomic mass is 10.2. The van der Waals surface area contributed by atoms with Crippen molar-refractivity contribution in [3.8, 4) is 17.2 Å². The van der Waals surface area contributed by atoms with Crippen LogP contribution in [0.15, 0.2) is 54.6 Å². The van der Waals surface area contributed by atoms with Crippen molar-refractivity contribution >= 4 is 16.8 Å². The first kappa shape index (κ1) is 17.6. The maximum atomic E-state index is 12.0. The van der Waals surface area contributed by atoms with Crippen LogP contribution in [0.5, 0.6) is 0 Å². The molecule has 2 aromatic heterocycles. The van der Waals surface area contributed by atoms with Crippen LogP contribution in [-0.2, 0) is 18.4 Å². The number of nitrogens with two attached hydrogens (primary N) is 1. The molecule has 0 atom stereocenters. The second-order valence-corrected chi connectivity index (χ2v) is 7.53. The van der Waals surface area contributed by atoms with Crippen LogP contribution in [0.4, 0.5) is 0 Å². The fourth-order valence-electron chi connectivity index (χ4n) is 3.47. The van der Waals surface area contributed by atoms with Crippen LogP contribution < -0.4 is 11.1 Å². The van der Waals surface area contributed by atoms with Crippen LogP contribution in [-0.4, -0.2) is 36.2 Å². The Hall–Kier alpha value is -3.52. The average molecular weight is 387 g/mol. The second-order valence-electron chi connectivity index (χ2n) is 7.53. The molecule has 0 spiro atoms. The number of amides is 1. The van der Waals surface area contributed by atoms with Crippen molar-refractivity contribution in [1.82, 2.24) is 30.1 Å². The third-order valence-electron chi connectivity index (χ3n) is 5.34. The number of hydrogen-bond acceptors (Lipinski definition) is 5. The molecule has 3 N–H and O–H groups in total. The first-order valence-electron chi connectivity index (χ1n) is 9.55. The number of para-hydroxylation sites is 1. The summed E-state index contributed by atoms with van der Waals surface area (Å²) in [6.07, 6.45) is 1.52. The lowest BCUT2D eigenvalue weighted by Gasteiger charge is -2.12. The highest BCUT2D eigenvalue weighted by atomic mass is 16.2. The molecule has 2 aromatic carbocycles. The zero-order valence-electron chi connectivity index (χ0n) is 16.0. The van der Waals surface area contributed by atoms with Crippen LogP contribution in [0.25, 0.3) is 28.1 Å². The predicted molar refractivity (Wildman–Crippen MR) is 109 cm³/mol. The van der Waals surface area contributed by atoms with E-state index in [4.69, 9.17) is 5.73 Å². The number of tetrazole rings is 1. The van der Waals surface area contributed by atoms with Gasteiger partial charge in [-0.2, -0.15) is 4.80 Å². The van der Waals surface area contributed by atoms with Gasteiger partial charge in [0.15, 0.2) is 0 Å². The third kappa shape index (κ3) is 3.17. The summed E-state index contributed by atoms with van der Waals surface area (Å²) in [4.78, 5) is 13.5. The van der Waals surface area contributed by atoms with E-state index < -0.39 is 5.54 Å². The van der Waals surface area contributed by atoms with Crippen LogP contribution in [0.2, 0.25) is 0 Å². The Labute approximate surface area is 167 Å². The number of aromatic nitrogens is 5. The number of benzene rings is 2. The van der Waals surface area contributed by atoms with Gasteiger partial charge in [0, 0.05) is 17.6 Å². The Bertz CT molecular complexity index is 1200. The number of hydrogen-bond donors (Lipinski definition) is 2. The molecule has 1 fully saturated rings. The number of carbonyl (C=O) groups is 1. The molecule has 1 aliphatic rings. The quantitative estimate of drug-likeness (QED) is 0.545. The molecule has 1 aliphatic carbocycles. The van der Waals surface area contributed by atoms with Gasteiger partial charge in [0.2, 0.25) is 11.7 Å². The van der Waals surface area contributed by atoms with Gasteiger partial charge < -0.3 is 15.6 Å². The molecule has 4 aromatic rings. The molecular formula is C21H21N7O. The second kappa shape index (κ2) is 6.52. The van der Waals surface area contributed by atoms with Crippen molar-refractivity contribution in [2.75, 3.05) is 0 Å². The molecule has 0 bridgehead atoms. The minimum atomic E-state index is -0.650. The molecule has 29 heavy (non-hydrogen) atoms. The number of nitrogens with zero attached hydrogens (tertiary/aromatic N) is 5. The zero-order chi connectivity index (χ0) is 20.0. The Morgan fingerprint density at radius 2 is 1.93 bits per heavy atom. The molecule has 8 nitrogen and oxygen atoms in total. The number of nitrogens with one attached hydrogen (secondary N) is 1. The van der Waals surface area contributed by atoms with Gasteiger partial charge in [0.1, 0.15) is 0 Å². The van der Waals surface area contributed by atoms with Gasteiger partial charge in [0.25, 0.3) is 0 Å². The number of aryl methyl sites for hydroxylation is 1. The minimum Gasteiger partial charge on any atom is -0.350 e. The van der Waals surface area contributed by atoms with Crippen molar-refractivity contribution in [1.29, 1.82) is 0 Å². The Kier molecular flexibility index (Phi) is 3.95. The van der Waals surface area contributed by atoms with Gasteiger partial charge >= 0.3 is 0 Å². The van der Waals surface area contributed by atoms with Crippen molar-refractivity contribution in [3.05, 3.63) is 60.2 Å². The van der Waals surface area contributed by atoms with Crippen LogP contribution in [0.1, 0.15) is 18.4 Å². The zero-order valence-corrected chi connectivity index (χ0v) is 16.0. The number of fused-ring (bicyclic) bond motifs is 1. The fraction of sp³-hybridized carbons (Fsp3) is 0.238. The maximum absolute atomic E-state index is 12.0. The van der Waals surface area contributed by atoms with Gasteiger partial charge in [-0.3, -0.25) is 4.79 Å². The van der Waals surface area contributed by atoms with Crippen LogP contribution in [0.3, 0.4) is 0 Å². The summed E-state index contributed by atoms with van der Waals surface area (Å²) in [6, 6.07) is 18.3. The predicted octanol–water partition coefficient (Wildman–Crippen LogP) is 1.93. The van der Waals surface area contributed by atoms with E-state index in [1.165, 1.54) is 4.80 Å². The Morgan fingerprint density at radius 3 is 2.62 bits per heavy atom. The van der Waals surface area contributed by atoms with Crippen molar-refractivity contribution in [2.45, 2.75) is 24.9 Å². The van der Waals surface area contributed by atoms with E-state index in [1.54, 1.807) is 7.05 Å². The fourth-order valence-corrected chi connectivity index (χ4v) is 3.47. The average Bonchev–Trinajstić information content (AvgIpc) is 3.17. The first-order valence-corrected chi connectivity index (χ1v) is 9.55. The van der Waals surface area contributed by atoms with Gasteiger partial charge in [-0.25, -0.2) is 0 Å². The summed E-state index contributed by atoms with van der Waals surface area (Å²) in [5.41, 5.74) is 9.23. The minimum absolute atomic E-state index is 0.0750. The van der Waals surface area contributed by atoms with Crippen molar-refractivity contribution in [3.63, 3.8) is 0 Å².